The van der Waals surface area contributed by atoms with E-state index in [2.05, 4.69) is 57.5 Å². The van der Waals surface area contributed by atoms with Gasteiger partial charge in [0.05, 0.1) is 36.6 Å². The number of rotatable bonds is 19. The molecule has 0 heterocycles. The Morgan fingerprint density at radius 3 is 1.34 bits per heavy atom. The zero-order valence-electron chi connectivity index (χ0n) is 43.5. The molecule has 390 valence electrons. The Bertz CT molecular complexity index is 1580. The molecule has 0 aromatic rings. The highest BCUT2D eigenvalue weighted by atomic mass is 16.3. The van der Waals surface area contributed by atoms with E-state index in [9.17, 15) is 40.2 Å². The fourth-order valence-electron chi connectivity index (χ4n) is 19.1. The van der Waals surface area contributed by atoms with Gasteiger partial charge in [-0.25, -0.2) is 0 Å². The lowest BCUT2D eigenvalue weighted by Gasteiger charge is -2.63. The zero-order chi connectivity index (χ0) is 48.8. The first-order valence-corrected chi connectivity index (χ1v) is 28.7. The fraction of sp³-hybridized carbons (Fsp3) is 0.965. The summed E-state index contributed by atoms with van der Waals surface area (Å²) in [6.07, 6.45) is 18.1. The van der Waals surface area contributed by atoms with Gasteiger partial charge in [-0.15, -0.1) is 0 Å². The predicted molar refractivity (Wildman–Crippen MR) is 267 cm³/mol. The molecule has 68 heavy (non-hydrogen) atoms. The molecule has 0 aliphatic heterocycles. The molecule has 0 unspecified atom stereocenters. The molecule has 22 atom stereocenters. The van der Waals surface area contributed by atoms with Gasteiger partial charge in [0.2, 0.25) is 11.8 Å². The summed E-state index contributed by atoms with van der Waals surface area (Å²) in [7, 11) is 0. The molecule has 0 saturated heterocycles. The number of unbranched alkanes of at least 4 members (excludes halogenated alkanes) is 3. The summed E-state index contributed by atoms with van der Waals surface area (Å²) in [5.74, 6) is 3.86. The second kappa shape index (κ2) is 21.6. The van der Waals surface area contributed by atoms with E-state index in [1.54, 1.807) is 0 Å². The monoisotopic (exact) mass is 954 g/mol. The summed E-state index contributed by atoms with van der Waals surface area (Å²) in [4.78, 5) is 25.9. The Hall–Kier alpha value is -1.34. The molecule has 8 aliphatic carbocycles. The van der Waals surface area contributed by atoms with Crippen LogP contribution in [-0.4, -0.2) is 105 Å². The van der Waals surface area contributed by atoms with Crippen molar-refractivity contribution in [2.24, 2.45) is 92.7 Å². The van der Waals surface area contributed by atoms with Crippen LogP contribution in [0.3, 0.4) is 0 Å². The smallest absolute Gasteiger partial charge is 0.220 e. The van der Waals surface area contributed by atoms with Gasteiger partial charge in [0.1, 0.15) is 0 Å². The van der Waals surface area contributed by atoms with Gasteiger partial charge in [-0.3, -0.25) is 9.59 Å². The predicted octanol–water partition coefficient (Wildman–Crippen LogP) is 7.51. The van der Waals surface area contributed by atoms with Gasteiger partial charge < -0.3 is 46.6 Å². The van der Waals surface area contributed by atoms with Crippen molar-refractivity contribution in [1.29, 1.82) is 0 Å². The third-order valence-electron chi connectivity index (χ3n) is 23.1. The van der Waals surface area contributed by atoms with Gasteiger partial charge >= 0.3 is 0 Å². The maximum absolute atomic E-state index is 12.9. The molecule has 11 nitrogen and oxygen atoms in total. The van der Waals surface area contributed by atoms with E-state index in [4.69, 9.17) is 0 Å². The Labute approximate surface area is 411 Å². The van der Waals surface area contributed by atoms with E-state index >= 15 is 0 Å². The molecular formula is C57H99N3O8. The van der Waals surface area contributed by atoms with Gasteiger partial charge in [0, 0.05) is 25.9 Å². The SMILES string of the molecule is C[C@H](CCC(=O)NCCCCCNCCCCNC(=O)CC[C@@H](C)[C@H]1CC[C@H]2[C@@H]3[C@H](O)C[C@@H]4C[C@H](O)CC[C@]4(C)[C@H]3C[C@H](O)[C@]12C)[C@H]1CC[C@H]2[C@@H]3[C@H](O)C[C@@H]4C[C@H](O)CC[C@]4(C)[C@H]3C[C@H](O)[C@]12C. The molecule has 8 fully saturated rings. The number of aliphatic hydroxyl groups is 6. The lowest BCUT2D eigenvalue weighted by molar-refractivity contribution is -0.207. The van der Waals surface area contributed by atoms with Crippen LogP contribution in [0.25, 0.3) is 0 Å². The number of aliphatic hydroxyl groups excluding tert-OH is 6. The molecule has 0 bridgehead atoms. The summed E-state index contributed by atoms with van der Waals surface area (Å²) >= 11 is 0. The highest BCUT2D eigenvalue weighted by molar-refractivity contribution is 5.76. The lowest BCUT2D eigenvalue weighted by atomic mass is 9.43. The number of carbonyl (C=O) groups excluding carboxylic acids is 2. The van der Waals surface area contributed by atoms with Crippen LogP contribution < -0.4 is 16.0 Å². The second-order valence-corrected chi connectivity index (χ2v) is 26.3. The minimum absolute atomic E-state index is 0.0776. The Balaban J connectivity index is 0.648. The molecule has 0 aromatic heterocycles. The van der Waals surface area contributed by atoms with E-state index in [1.807, 2.05) is 0 Å². The van der Waals surface area contributed by atoms with E-state index in [0.717, 1.165) is 148 Å². The largest absolute Gasteiger partial charge is 0.393 e. The fourth-order valence-corrected chi connectivity index (χ4v) is 19.1. The highest BCUT2D eigenvalue weighted by Crippen LogP contribution is 2.70. The van der Waals surface area contributed by atoms with Crippen molar-refractivity contribution in [2.75, 3.05) is 26.2 Å². The van der Waals surface area contributed by atoms with Gasteiger partial charge in [0.25, 0.3) is 0 Å². The minimum Gasteiger partial charge on any atom is -0.393 e. The molecule has 9 N–H and O–H groups in total. The molecule has 0 radical (unpaired) electrons. The molecule has 8 aliphatic rings. The molecular weight excluding hydrogens is 855 g/mol. The summed E-state index contributed by atoms with van der Waals surface area (Å²) in [5, 5.41) is 77.7. The molecule has 8 saturated carbocycles. The van der Waals surface area contributed by atoms with Gasteiger partial charge in [-0.05, 0) is 234 Å². The van der Waals surface area contributed by atoms with Crippen LogP contribution >= 0.6 is 0 Å². The van der Waals surface area contributed by atoms with Crippen LogP contribution in [0.2, 0.25) is 0 Å². The molecule has 2 amide bonds. The van der Waals surface area contributed by atoms with Crippen LogP contribution in [-0.2, 0) is 9.59 Å². The number of hydrogen-bond donors (Lipinski definition) is 9. The number of hydrogen-bond acceptors (Lipinski definition) is 9. The first kappa shape index (κ1) is 53.0. The van der Waals surface area contributed by atoms with E-state index in [0.29, 0.717) is 85.1 Å². The van der Waals surface area contributed by atoms with Crippen molar-refractivity contribution in [3.8, 4) is 0 Å². The zero-order valence-corrected chi connectivity index (χ0v) is 43.5. The van der Waals surface area contributed by atoms with Gasteiger partial charge in [-0.1, -0.05) is 48.0 Å². The van der Waals surface area contributed by atoms with Crippen molar-refractivity contribution >= 4 is 11.8 Å². The van der Waals surface area contributed by atoms with Crippen molar-refractivity contribution in [3.05, 3.63) is 0 Å². The van der Waals surface area contributed by atoms with Crippen molar-refractivity contribution in [3.63, 3.8) is 0 Å². The first-order chi connectivity index (χ1) is 32.3. The average molecular weight is 954 g/mol. The molecule has 11 heteroatoms. The van der Waals surface area contributed by atoms with Crippen LogP contribution in [0.5, 0.6) is 0 Å². The van der Waals surface area contributed by atoms with Crippen molar-refractivity contribution in [2.45, 2.75) is 226 Å². The molecule has 0 aromatic carbocycles. The Kier molecular flexibility index (Phi) is 16.8. The number of amides is 2. The van der Waals surface area contributed by atoms with Crippen LogP contribution in [0, 0.1) is 92.7 Å². The van der Waals surface area contributed by atoms with Crippen LogP contribution in [0.15, 0.2) is 0 Å². The lowest BCUT2D eigenvalue weighted by Crippen LogP contribution is -2.62. The normalized spacial score (nSPS) is 47.1. The maximum atomic E-state index is 12.9. The summed E-state index contributed by atoms with van der Waals surface area (Å²) < 4.78 is 0. The Morgan fingerprint density at radius 2 is 0.897 bits per heavy atom. The van der Waals surface area contributed by atoms with Crippen molar-refractivity contribution < 1.29 is 40.2 Å². The van der Waals surface area contributed by atoms with Gasteiger partial charge in [-0.2, -0.15) is 0 Å². The summed E-state index contributed by atoms with van der Waals surface area (Å²) in [6.45, 7) is 17.2. The highest BCUT2D eigenvalue weighted by Gasteiger charge is 2.67. The maximum Gasteiger partial charge on any atom is 0.220 e. The third-order valence-corrected chi connectivity index (χ3v) is 23.1. The summed E-state index contributed by atoms with van der Waals surface area (Å²) in [6, 6.07) is 0. The quantitative estimate of drug-likeness (QED) is 0.0590. The number of fused-ring (bicyclic) bond motifs is 10. The van der Waals surface area contributed by atoms with Crippen LogP contribution in [0.4, 0.5) is 0 Å². The average Bonchev–Trinajstić information content (AvgIpc) is 3.85. The van der Waals surface area contributed by atoms with Crippen molar-refractivity contribution in [1.82, 2.24) is 16.0 Å². The van der Waals surface area contributed by atoms with E-state index in [-0.39, 0.29) is 69.7 Å². The van der Waals surface area contributed by atoms with E-state index in [1.165, 1.54) is 0 Å². The minimum atomic E-state index is -0.400. The Morgan fingerprint density at radius 1 is 0.500 bits per heavy atom. The first-order valence-electron chi connectivity index (χ1n) is 28.7. The topological polar surface area (TPSA) is 192 Å². The van der Waals surface area contributed by atoms with Gasteiger partial charge in [0.15, 0.2) is 0 Å². The summed E-state index contributed by atoms with van der Waals surface area (Å²) in [5.41, 5.74) is -0.320. The number of carbonyl (C=O) groups is 2. The van der Waals surface area contributed by atoms with E-state index < -0.39 is 12.2 Å². The molecule has 0 spiro atoms. The third kappa shape index (κ3) is 10.0. The van der Waals surface area contributed by atoms with Crippen LogP contribution in [0.1, 0.15) is 189 Å². The number of nitrogens with one attached hydrogen (secondary N) is 3. The standard InChI is InChI=1S/C57H99N3O8/c1-34(40-14-16-42-52-44(32-48(65)56(40,42)5)54(3)22-20-38(61)28-36(54)30-46(52)63)12-18-50(67)59-26-9-7-8-24-58-25-10-11-27-60-51(68)19-13-35(2)41-15-17-43-53-45(33-49(66)57(41,43)6)55(4)23-21-39(62)29-37(55)31-47(53)64/h34-49,52-53,58,61-66H,7-33H2,1-6H3,(H,59,67)(H,60,68)/t34-,35-,36+,37+,38-,39-,40-,41-,42+,43+,44+,45+,46-,47-,48+,49+,52+,53+,54+,55+,56-,57-/m1/s1. The second-order valence-electron chi connectivity index (χ2n) is 26.3. The molecule has 8 rings (SSSR count).